The van der Waals surface area contributed by atoms with Crippen LogP contribution in [0.2, 0.25) is 0 Å². The molecule has 3 aliphatic carbocycles. The van der Waals surface area contributed by atoms with E-state index in [9.17, 15) is 14.7 Å². The van der Waals surface area contributed by atoms with E-state index in [1.54, 1.807) is 0 Å². The van der Waals surface area contributed by atoms with Gasteiger partial charge >= 0.3 is 5.97 Å². The normalized spacial score (nSPS) is 35.5. The molecule has 4 nitrogen and oxygen atoms in total. The molecule has 0 saturated heterocycles. The van der Waals surface area contributed by atoms with Crippen molar-refractivity contribution in [3.63, 3.8) is 0 Å². The van der Waals surface area contributed by atoms with Crippen LogP contribution in [0, 0.1) is 11.3 Å². The van der Waals surface area contributed by atoms with Crippen LogP contribution in [0.1, 0.15) is 47.0 Å². The summed E-state index contributed by atoms with van der Waals surface area (Å²) < 4.78 is 5.34. The number of fused-ring (bicyclic) bond motifs is 2. The van der Waals surface area contributed by atoms with E-state index in [4.69, 9.17) is 4.74 Å². The molecule has 0 aromatic heterocycles. The van der Waals surface area contributed by atoms with Gasteiger partial charge in [-0.1, -0.05) is 24.6 Å². The number of rotatable bonds is 4. The summed E-state index contributed by atoms with van der Waals surface area (Å²) in [6.07, 6.45) is 2.46. The molecular formula is C17H24O4. The van der Waals surface area contributed by atoms with Crippen LogP contribution in [0.3, 0.4) is 0 Å². The van der Waals surface area contributed by atoms with Gasteiger partial charge in [0.2, 0.25) is 0 Å². The third-order valence-corrected chi connectivity index (χ3v) is 5.14. The quantitative estimate of drug-likeness (QED) is 0.491. The van der Waals surface area contributed by atoms with Gasteiger partial charge in [-0.3, -0.25) is 9.59 Å². The highest BCUT2D eigenvalue weighted by atomic mass is 16.5. The van der Waals surface area contributed by atoms with E-state index >= 15 is 0 Å². The molecule has 116 valence electrons. The van der Waals surface area contributed by atoms with Crippen molar-refractivity contribution in [1.82, 2.24) is 0 Å². The Morgan fingerprint density at radius 3 is 2.52 bits per heavy atom. The van der Waals surface area contributed by atoms with Crippen LogP contribution in [0.15, 0.2) is 23.8 Å². The van der Waals surface area contributed by atoms with Gasteiger partial charge in [0, 0.05) is 12.3 Å². The number of aliphatic hydroxyl groups is 1. The van der Waals surface area contributed by atoms with E-state index < -0.39 is 23.1 Å². The van der Waals surface area contributed by atoms with Crippen molar-refractivity contribution < 1.29 is 19.4 Å². The molecule has 0 radical (unpaired) electrons. The molecule has 0 heterocycles. The van der Waals surface area contributed by atoms with E-state index in [0.29, 0.717) is 12.8 Å². The molecular weight excluding hydrogens is 268 g/mol. The number of carbonyl (C=O) groups excluding carboxylic acids is 2. The van der Waals surface area contributed by atoms with Crippen molar-refractivity contribution in [2.75, 3.05) is 0 Å². The molecule has 3 rings (SSSR count). The molecule has 3 fully saturated rings. The van der Waals surface area contributed by atoms with Gasteiger partial charge in [-0.25, -0.2) is 0 Å². The van der Waals surface area contributed by atoms with Crippen molar-refractivity contribution in [3.05, 3.63) is 23.8 Å². The van der Waals surface area contributed by atoms with Crippen molar-refractivity contribution in [1.29, 1.82) is 0 Å². The standard InChI is InChI=1S/C17H24O4/c1-10(2)8-14(19)15(21-12(4)18)16(5)13-9-17(16,20)7-6-11(13)3/h8,13,15,20H,3,6-7,9H2,1-2,4-5H3/t13-,15+,16+,17+/m0/s1. The zero-order chi connectivity index (χ0) is 16.0. The Labute approximate surface area is 125 Å². The van der Waals surface area contributed by atoms with Gasteiger partial charge in [-0.15, -0.1) is 0 Å². The first-order chi connectivity index (χ1) is 9.61. The van der Waals surface area contributed by atoms with Gasteiger partial charge in [0.05, 0.1) is 5.60 Å². The van der Waals surface area contributed by atoms with Crippen LogP contribution in [-0.2, 0) is 14.3 Å². The van der Waals surface area contributed by atoms with Gasteiger partial charge in [-0.2, -0.15) is 0 Å². The molecule has 2 bridgehead atoms. The number of ketones is 1. The van der Waals surface area contributed by atoms with Crippen molar-refractivity contribution in [2.24, 2.45) is 11.3 Å². The Morgan fingerprint density at radius 2 is 2.05 bits per heavy atom. The van der Waals surface area contributed by atoms with E-state index in [1.807, 2.05) is 20.8 Å². The SMILES string of the molecule is C=C1CC[C@@]2(O)C[C@@H]1[C@]2(C)[C@H](OC(C)=O)C(=O)C=C(C)C. The van der Waals surface area contributed by atoms with Gasteiger partial charge in [0.25, 0.3) is 0 Å². The lowest BCUT2D eigenvalue weighted by Crippen LogP contribution is -2.71. The lowest BCUT2D eigenvalue weighted by molar-refractivity contribution is -0.252. The summed E-state index contributed by atoms with van der Waals surface area (Å²) in [5.74, 6) is -0.739. The number of hydrogen-bond acceptors (Lipinski definition) is 4. The van der Waals surface area contributed by atoms with E-state index in [2.05, 4.69) is 6.58 Å². The fraction of sp³-hybridized carbons (Fsp3) is 0.647. The molecule has 0 amide bonds. The maximum absolute atomic E-state index is 12.5. The second-order valence-electron chi connectivity index (χ2n) is 6.84. The smallest absolute Gasteiger partial charge is 0.303 e. The second-order valence-corrected chi connectivity index (χ2v) is 6.84. The summed E-state index contributed by atoms with van der Waals surface area (Å²) in [5.41, 5.74) is 0.146. The molecule has 4 heteroatoms. The number of ether oxygens (including phenoxy) is 1. The Bertz CT molecular complexity index is 525. The molecule has 1 N–H and O–H groups in total. The summed E-state index contributed by atoms with van der Waals surface area (Å²) >= 11 is 0. The van der Waals surface area contributed by atoms with Gasteiger partial charge < -0.3 is 9.84 Å². The lowest BCUT2D eigenvalue weighted by Gasteiger charge is -2.66. The Balaban J connectivity index is 2.41. The largest absolute Gasteiger partial charge is 0.453 e. The summed E-state index contributed by atoms with van der Waals surface area (Å²) in [4.78, 5) is 24.0. The molecule has 0 spiro atoms. The highest BCUT2D eigenvalue weighted by Gasteiger charge is 2.70. The fourth-order valence-corrected chi connectivity index (χ4v) is 3.87. The average molecular weight is 292 g/mol. The first-order valence-corrected chi connectivity index (χ1v) is 7.38. The van der Waals surface area contributed by atoms with Gasteiger partial charge in [-0.05, 0) is 45.1 Å². The first-order valence-electron chi connectivity index (χ1n) is 7.38. The van der Waals surface area contributed by atoms with E-state index in [-0.39, 0.29) is 11.7 Å². The third-order valence-electron chi connectivity index (χ3n) is 5.14. The Hall–Kier alpha value is -1.42. The summed E-state index contributed by atoms with van der Waals surface area (Å²) in [5, 5.41) is 10.8. The van der Waals surface area contributed by atoms with Crippen molar-refractivity contribution in [2.45, 2.75) is 58.7 Å². The summed E-state index contributed by atoms with van der Waals surface area (Å²) in [6, 6.07) is 0. The van der Waals surface area contributed by atoms with Crippen LogP contribution >= 0.6 is 0 Å². The maximum Gasteiger partial charge on any atom is 0.303 e. The van der Waals surface area contributed by atoms with Crippen LogP contribution in [0.5, 0.6) is 0 Å². The zero-order valence-electron chi connectivity index (χ0n) is 13.2. The minimum absolute atomic E-state index is 0.0233. The molecule has 4 atom stereocenters. The van der Waals surface area contributed by atoms with Crippen molar-refractivity contribution in [3.8, 4) is 0 Å². The second kappa shape index (κ2) is 5.09. The van der Waals surface area contributed by atoms with Gasteiger partial charge in [0.15, 0.2) is 11.9 Å². The Kier molecular flexibility index (Phi) is 3.87. The molecule has 21 heavy (non-hydrogen) atoms. The highest BCUT2D eigenvalue weighted by Crippen LogP contribution is 2.65. The van der Waals surface area contributed by atoms with Crippen LogP contribution < -0.4 is 0 Å². The highest BCUT2D eigenvalue weighted by molar-refractivity contribution is 5.96. The average Bonchev–Trinajstić information content (AvgIpc) is 2.36. The molecule has 0 aromatic rings. The molecule has 0 unspecified atom stereocenters. The number of esters is 1. The zero-order valence-corrected chi connectivity index (χ0v) is 13.2. The minimum Gasteiger partial charge on any atom is -0.453 e. The molecule has 0 aromatic carbocycles. The monoisotopic (exact) mass is 292 g/mol. The fourth-order valence-electron chi connectivity index (χ4n) is 3.87. The topological polar surface area (TPSA) is 63.6 Å². The summed E-state index contributed by atoms with van der Waals surface area (Å²) in [6.45, 7) is 10.8. The molecule has 3 aliphatic rings. The maximum atomic E-state index is 12.5. The predicted octanol–water partition coefficient (Wildman–Crippen LogP) is 2.56. The number of hydrogen-bond donors (Lipinski definition) is 1. The molecule has 3 saturated carbocycles. The lowest BCUT2D eigenvalue weighted by atomic mass is 9.41. The van der Waals surface area contributed by atoms with Crippen LogP contribution in [0.4, 0.5) is 0 Å². The van der Waals surface area contributed by atoms with Crippen molar-refractivity contribution >= 4 is 11.8 Å². The van der Waals surface area contributed by atoms with Gasteiger partial charge in [0.1, 0.15) is 0 Å². The predicted molar refractivity (Wildman–Crippen MR) is 79.5 cm³/mol. The van der Waals surface area contributed by atoms with E-state index in [1.165, 1.54) is 13.0 Å². The number of carbonyl (C=O) groups is 2. The molecule has 0 aliphatic heterocycles. The summed E-state index contributed by atoms with van der Waals surface area (Å²) in [7, 11) is 0. The minimum atomic E-state index is -0.954. The number of allylic oxidation sites excluding steroid dienone is 2. The van der Waals surface area contributed by atoms with Crippen LogP contribution in [0.25, 0.3) is 0 Å². The van der Waals surface area contributed by atoms with Crippen LogP contribution in [-0.4, -0.2) is 28.6 Å². The first kappa shape index (κ1) is 16.0. The van der Waals surface area contributed by atoms with E-state index in [0.717, 1.165) is 17.6 Å². The third kappa shape index (κ3) is 2.35. The Morgan fingerprint density at radius 1 is 1.43 bits per heavy atom.